The molecule has 0 aromatic heterocycles. The maximum atomic E-state index is 9.87. The second-order valence-electron chi connectivity index (χ2n) is 16.4. The molecule has 0 saturated heterocycles. The second kappa shape index (κ2) is 17.3. The topological polar surface area (TPSA) is 3.24 Å². The average Bonchev–Trinajstić information content (AvgIpc) is 3.59. The van der Waals surface area contributed by atoms with E-state index in [1.165, 1.54) is 0 Å². The van der Waals surface area contributed by atoms with E-state index in [1.807, 2.05) is 158 Å². The zero-order valence-corrected chi connectivity index (χ0v) is 36.0. The molecule has 0 heterocycles. The van der Waals surface area contributed by atoms with E-state index in [-0.39, 0.29) is 16.7 Å². The van der Waals surface area contributed by atoms with Crippen LogP contribution in [0.3, 0.4) is 0 Å². The van der Waals surface area contributed by atoms with Crippen molar-refractivity contribution in [2.45, 2.75) is 0 Å². The molecule has 0 aliphatic rings. The largest absolute Gasteiger partial charge is 0.311 e. The zero-order valence-electron chi connectivity index (χ0n) is 48.0. The molecule has 0 atom stereocenters. The molecule has 0 aliphatic heterocycles. The Hall–Kier alpha value is -8.78. The quantitative estimate of drug-likeness (QED) is 0.131. The smallest absolute Gasteiger partial charge is 0.0645 e. The van der Waals surface area contributed by atoms with Gasteiger partial charge in [0.25, 0.3) is 0 Å². The van der Waals surface area contributed by atoms with Crippen molar-refractivity contribution in [3.8, 4) is 66.8 Å². The van der Waals surface area contributed by atoms with Crippen molar-refractivity contribution in [1.82, 2.24) is 0 Å². The molecule has 314 valence electrons. The number of anilines is 3. The van der Waals surface area contributed by atoms with Crippen molar-refractivity contribution < 1.29 is 16.4 Å². The molecule has 0 unspecified atom stereocenters. The molecule has 0 radical (unpaired) electrons. The zero-order chi connectivity index (χ0) is 55.0. The normalized spacial score (nSPS) is 13.8. The third-order valence-electron chi connectivity index (χ3n) is 12.2. The summed E-state index contributed by atoms with van der Waals surface area (Å²) in [5.74, 6) is 0. The van der Waals surface area contributed by atoms with Crippen LogP contribution in [0, 0.1) is 0 Å². The first-order valence-electron chi connectivity index (χ1n) is 28.1. The lowest BCUT2D eigenvalue weighted by atomic mass is 9.93. The fourth-order valence-corrected chi connectivity index (χ4v) is 8.88. The van der Waals surface area contributed by atoms with Crippen molar-refractivity contribution in [1.29, 1.82) is 0 Å². The van der Waals surface area contributed by atoms with Gasteiger partial charge in [-0.3, -0.25) is 0 Å². The predicted molar refractivity (Wildman–Crippen MR) is 286 cm³/mol. The van der Waals surface area contributed by atoms with Crippen LogP contribution in [-0.4, -0.2) is 0 Å². The van der Waals surface area contributed by atoms with Gasteiger partial charge in [0, 0.05) is 17.1 Å². The van der Waals surface area contributed by atoms with Crippen LogP contribution in [0.5, 0.6) is 0 Å². The first kappa shape index (κ1) is 28.9. The van der Waals surface area contributed by atoms with Gasteiger partial charge in [-0.25, -0.2) is 0 Å². The summed E-state index contributed by atoms with van der Waals surface area (Å²) in [5, 5.41) is 5.70. The molecule has 0 saturated carbocycles. The molecule has 0 fully saturated rings. The van der Waals surface area contributed by atoms with Gasteiger partial charge < -0.3 is 4.90 Å². The molecule has 0 aliphatic carbocycles. The molecule has 12 aromatic rings. The molecule has 0 bridgehead atoms. The highest BCUT2D eigenvalue weighted by atomic mass is 15.1. The molecule has 0 N–H and O–H groups in total. The lowest BCUT2D eigenvalue weighted by molar-refractivity contribution is 1.28. The summed E-state index contributed by atoms with van der Waals surface area (Å²) >= 11 is 0. The van der Waals surface area contributed by atoms with Gasteiger partial charge in [0.2, 0.25) is 0 Å². The van der Waals surface area contributed by atoms with Crippen LogP contribution in [0.15, 0.2) is 273 Å². The monoisotopic (exact) mass is 863 g/mol. The van der Waals surface area contributed by atoms with Crippen LogP contribution in [-0.2, 0) is 0 Å². The molecule has 12 aromatic carbocycles. The molecule has 12 rings (SSSR count). The Labute approximate surface area is 409 Å². The van der Waals surface area contributed by atoms with Crippen molar-refractivity contribution in [3.05, 3.63) is 273 Å². The van der Waals surface area contributed by atoms with Crippen molar-refractivity contribution in [2.75, 3.05) is 4.90 Å². The van der Waals surface area contributed by atoms with Crippen molar-refractivity contribution >= 4 is 49.4 Å². The number of rotatable bonds is 9. The fourth-order valence-electron chi connectivity index (χ4n) is 8.88. The third-order valence-corrected chi connectivity index (χ3v) is 12.2. The number of hydrogen-bond acceptors (Lipinski definition) is 1. The summed E-state index contributed by atoms with van der Waals surface area (Å²) in [6.07, 6.45) is 0. The first-order valence-corrected chi connectivity index (χ1v) is 22.1. The number of hydrogen-bond donors (Lipinski definition) is 0. The standard InChI is InChI=1S/C66H45N/c1-3-13-46(14-4-1)57-43-58(47-15-5-2-6-16-47)45-59(44-57)50-31-38-62(39-32-50)67(61-36-29-49(30-37-61)54-33-40-66-56(42-54)26-25-52-18-8-10-23-64(52)66)60-34-27-48(28-35-60)53-20-11-21-55(41-53)65-24-12-19-51-17-7-9-22-63(51)65/h1-45H/i27D,28D,29D,30D,31D,32D,34D,35D,36D,37D,38D,39D. The maximum Gasteiger partial charge on any atom is 0.0645 e. The summed E-state index contributed by atoms with van der Waals surface area (Å²) in [6, 6.07) is 55.5. The summed E-state index contributed by atoms with van der Waals surface area (Å²) in [4.78, 5) is 0.869. The van der Waals surface area contributed by atoms with E-state index < -0.39 is 89.6 Å². The molecular weight excluding hydrogens is 807 g/mol. The highest BCUT2D eigenvalue weighted by molar-refractivity contribution is 6.08. The van der Waals surface area contributed by atoms with Crippen molar-refractivity contribution in [3.63, 3.8) is 0 Å². The maximum absolute atomic E-state index is 9.87. The van der Waals surface area contributed by atoms with Gasteiger partial charge in [0.15, 0.2) is 0 Å². The highest BCUT2D eigenvalue weighted by Crippen LogP contribution is 2.40. The van der Waals surface area contributed by atoms with Gasteiger partial charge in [-0.15, -0.1) is 0 Å². The van der Waals surface area contributed by atoms with E-state index >= 15 is 0 Å². The predicted octanol–water partition coefficient (Wildman–Crippen LogP) is 18.6. The number of nitrogens with zero attached hydrogens (tertiary/aromatic N) is 1. The number of benzene rings is 12. The van der Waals surface area contributed by atoms with Crippen LogP contribution in [0.25, 0.3) is 99.1 Å². The summed E-state index contributed by atoms with van der Waals surface area (Å²) in [7, 11) is 0. The average molecular weight is 864 g/mol. The SMILES string of the molecule is [2H]c1c([2H])c(N(c2c([2H])c([2H])c(-c3cccc(-c4cccc5ccccc45)c3)c([2H])c2[2H])c2c([2H])c([2H])c(-c3ccc4c(ccc5ccccc54)c3)c([2H])c2[2H])c([2H])c([2H])c1-c1cc(-c2ccccc2)cc(-c2ccccc2)c1. The minimum Gasteiger partial charge on any atom is -0.311 e. The van der Waals surface area contributed by atoms with Crippen LogP contribution >= 0.6 is 0 Å². The van der Waals surface area contributed by atoms with E-state index in [4.69, 9.17) is 0 Å². The van der Waals surface area contributed by atoms with Gasteiger partial charge in [-0.1, -0.05) is 206 Å². The molecule has 0 amide bonds. The summed E-state index contributed by atoms with van der Waals surface area (Å²) in [5.41, 5.74) is 3.92. The Morgan fingerprint density at radius 3 is 1.21 bits per heavy atom. The Morgan fingerprint density at radius 2 is 0.612 bits per heavy atom. The molecule has 1 heteroatoms. The molecular formula is C66H45N. The van der Waals surface area contributed by atoms with Gasteiger partial charge >= 0.3 is 0 Å². The van der Waals surface area contributed by atoms with Crippen LogP contribution in [0.2, 0.25) is 0 Å². The Balaban J connectivity index is 1.09. The summed E-state index contributed by atoms with van der Waals surface area (Å²) < 4.78 is 117. The van der Waals surface area contributed by atoms with E-state index in [9.17, 15) is 16.4 Å². The summed E-state index contributed by atoms with van der Waals surface area (Å²) in [6.45, 7) is 0. The van der Waals surface area contributed by atoms with Crippen LogP contribution in [0.4, 0.5) is 17.1 Å². The highest BCUT2D eigenvalue weighted by Gasteiger charge is 2.16. The minimum absolute atomic E-state index is 0.0582. The molecule has 0 spiro atoms. The Kier molecular flexibility index (Phi) is 7.46. The van der Waals surface area contributed by atoms with Crippen LogP contribution in [0.1, 0.15) is 16.4 Å². The molecule has 67 heavy (non-hydrogen) atoms. The Morgan fingerprint density at radius 1 is 0.224 bits per heavy atom. The van der Waals surface area contributed by atoms with Crippen LogP contribution < -0.4 is 4.90 Å². The van der Waals surface area contributed by atoms with Gasteiger partial charge in [0.05, 0.1) is 16.4 Å². The van der Waals surface area contributed by atoms with E-state index in [0.29, 0.717) is 16.7 Å². The molecule has 1 nitrogen and oxygen atoms in total. The second-order valence-corrected chi connectivity index (χ2v) is 16.4. The Bertz CT molecular complexity index is 4320. The van der Waals surface area contributed by atoms with E-state index in [1.54, 1.807) is 42.5 Å². The van der Waals surface area contributed by atoms with Gasteiger partial charge in [0.1, 0.15) is 0 Å². The third kappa shape index (κ3) is 7.84. The number of fused-ring (bicyclic) bond motifs is 4. The fraction of sp³-hybridized carbons (Fsp3) is 0. The van der Waals surface area contributed by atoms with Gasteiger partial charge in [-0.2, -0.15) is 0 Å². The lowest BCUT2D eigenvalue weighted by Crippen LogP contribution is -2.09. The lowest BCUT2D eigenvalue weighted by Gasteiger charge is -2.26. The van der Waals surface area contributed by atoms with E-state index in [0.717, 1.165) is 70.6 Å². The van der Waals surface area contributed by atoms with Gasteiger partial charge in [-0.05, 0) is 166 Å². The minimum atomic E-state index is -0.686. The van der Waals surface area contributed by atoms with E-state index in [2.05, 4.69) is 0 Å². The van der Waals surface area contributed by atoms with Crippen molar-refractivity contribution in [2.24, 2.45) is 0 Å². The first-order chi connectivity index (χ1) is 38.2.